The first-order chi connectivity index (χ1) is 7.66. The van der Waals surface area contributed by atoms with Gasteiger partial charge in [0, 0.05) is 4.47 Å². The van der Waals surface area contributed by atoms with Crippen molar-refractivity contribution in [2.24, 2.45) is 5.92 Å². The number of halogens is 1. The van der Waals surface area contributed by atoms with Gasteiger partial charge in [-0.1, -0.05) is 33.6 Å². The van der Waals surface area contributed by atoms with Crippen molar-refractivity contribution in [2.45, 2.75) is 33.1 Å². The molecule has 0 saturated carbocycles. The summed E-state index contributed by atoms with van der Waals surface area (Å²) >= 11 is 3.72. The van der Waals surface area contributed by atoms with Gasteiger partial charge in [0.2, 0.25) is 0 Å². The van der Waals surface area contributed by atoms with Gasteiger partial charge < -0.3 is 5.32 Å². The van der Waals surface area contributed by atoms with Crippen LogP contribution >= 0.6 is 15.9 Å². The van der Waals surface area contributed by atoms with Gasteiger partial charge in [-0.15, -0.1) is 0 Å². The van der Waals surface area contributed by atoms with E-state index in [9.17, 15) is 0 Å². The normalized spacial score (nSPS) is 21.1. The number of nitrogens with one attached hydrogen (secondary N) is 1. The number of piperidine rings is 1. The average molecular weight is 282 g/mol. The predicted molar refractivity (Wildman–Crippen MR) is 72.9 cm³/mol. The zero-order chi connectivity index (χ0) is 11.5. The minimum Gasteiger partial charge on any atom is -0.316 e. The zero-order valence-corrected chi connectivity index (χ0v) is 11.7. The van der Waals surface area contributed by atoms with Crippen LogP contribution in [0.1, 0.15) is 29.5 Å². The summed E-state index contributed by atoms with van der Waals surface area (Å²) in [7, 11) is 0. The molecule has 1 nitrogen and oxygen atoms in total. The van der Waals surface area contributed by atoms with Crippen molar-refractivity contribution in [3.05, 3.63) is 33.3 Å². The summed E-state index contributed by atoms with van der Waals surface area (Å²) in [5.74, 6) is 0.811. The van der Waals surface area contributed by atoms with Crippen molar-refractivity contribution in [1.82, 2.24) is 5.32 Å². The van der Waals surface area contributed by atoms with E-state index in [0.717, 1.165) is 5.92 Å². The smallest absolute Gasteiger partial charge is 0.0236 e. The Morgan fingerprint density at radius 2 is 2.19 bits per heavy atom. The Morgan fingerprint density at radius 3 is 2.88 bits per heavy atom. The minimum absolute atomic E-state index is 0.811. The highest BCUT2D eigenvalue weighted by Crippen LogP contribution is 2.27. The number of aryl methyl sites for hydroxylation is 2. The number of hydrogen-bond donors (Lipinski definition) is 1. The summed E-state index contributed by atoms with van der Waals surface area (Å²) in [5, 5.41) is 3.49. The molecule has 1 aliphatic heterocycles. The van der Waals surface area contributed by atoms with E-state index in [1.165, 1.54) is 53.5 Å². The third kappa shape index (κ3) is 2.86. The Kier molecular flexibility index (Phi) is 4.04. The zero-order valence-electron chi connectivity index (χ0n) is 10.1. The Bertz CT molecular complexity index is 367. The molecule has 0 aliphatic carbocycles. The molecule has 1 heterocycles. The number of benzene rings is 1. The van der Waals surface area contributed by atoms with Gasteiger partial charge in [0.1, 0.15) is 0 Å². The Labute approximate surface area is 107 Å². The lowest BCUT2D eigenvalue weighted by Gasteiger charge is -2.23. The van der Waals surface area contributed by atoms with Gasteiger partial charge in [-0.2, -0.15) is 0 Å². The lowest BCUT2D eigenvalue weighted by molar-refractivity contribution is 0.375. The van der Waals surface area contributed by atoms with Crippen LogP contribution in [-0.4, -0.2) is 13.1 Å². The summed E-state index contributed by atoms with van der Waals surface area (Å²) in [6, 6.07) is 4.57. The maximum absolute atomic E-state index is 3.72. The maximum Gasteiger partial charge on any atom is 0.0236 e. The van der Waals surface area contributed by atoms with E-state index in [-0.39, 0.29) is 0 Å². The third-order valence-electron chi connectivity index (χ3n) is 3.38. The molecule has 2 rings (SSSR count). The minimum atomic E-state index is 0.811. The highest BCUT2D eigenvalue weighted by molar-refractivity contribution is 9.10. The first-order valence-electron chi connectivity index (χ1n) is 6.13. The molecule has 1 aromatic carbocycles. The average Bonchev–Trinajstić information content (AvgIpc) is 2.27. The molecule has 0 radical (unpaired) electrons. The summed E-state index contributed by atoms with van der Waals surface area (Å²) in [5.41, 5.74) is 4.21. The first kappa shape index (κ1) is 12.1. The van der Waals surface area contributed by atoms with Crippen molar-refractivity contribution in [3.8, 4) is 0 Å². The molecule has 16 heavy (non-hydrogen) atoms. The summed E-state index contributed by atoms with van der Waals surface area (Å²) in [4.78, 5) is 0. The van der Waals surface area contributed by atoms with Gasteiger partial charge >= 0.3 is 0 Å². The molecule has 1 saturated heterocycles. The molecular formula is C14H20BrN. The molecular weight excluding hydrogens is 262 g/mol. The van der Waals surface area contributed by atoms with Crippen LogP contribution in [0, 0.1) is 19.8 Å². The van der Waals surface area contributed by atoms with E-state index in [1.807, 2.05) is 0 Å². The van der Waals surface area contributed by atoms with Gasteiger partial charge in [0.15, 0.2) is 0 Å². The largest absolute Gasteiger partial charge is 0.316 e. The fourth-order valence-electron chi connectivity index (χ4n) is 2.60. The summed E-state index contributed by atoms with van der Waals surface area (Å²) in [6.07, 6.45) is 3.90. The number of hydrogen-bond acceptors (Lipinski definition) is 1. The summed E-state index contributed by atoms with van der Waals surface area (Å²) < 4.78 is 1.31. The van der Waals surface area contributed by atoms with Crippen molar-refractivity contribution in [1.29, 1.82) is 0 Å². The van der Waals surface area contributed by atoms with E-state index < -0.39 is 0 Å². The lowest BCUT2D eigenvalue weighted by atomic mass is 9.91. The molecule has 88 valence electrons. The third-order valence-corrected chi connectivity index (χ3v) is 4.52. The summed E-state index contributed by atoms with van der Waals surface area (Å²) in [6.45, 7) is 6.74. The predicted octanol–water partition coefficient (Wildman–Crippen LogP) is 3.61. The highest BCUT2D eigenvalue weighted by atomic mass is 79.9. The van der Waals surface area contributed by atoms with E-state index >= 15 is 0 Å². The molecule has 1 aliphatic rings. The second-order valence-corrected chi connectivity index (χ2v) is 5.76. The van der Waals surface area contributed by atoms with E-state index in [4.69, 9.17) is 0 Å². The van der Waals surface area contributed by atoms with Crippen LogP contribution < -0.4 is 5.32 Å². The first-order valence-corrected chi connectivity index (χ1v) is 6.92. The molecule has 0 aromatic heterocycles. The maximum atomic E-state index is 3.72. The van der Waals surface area contributed by atoms with Crippen LogP contribution in [-0.2, 0) is 6.42 Å². The standard InChI is InChI=1S/C14H20BrN/c1-10-6-11(2)14(15)13(7-10)8-12-4-3-5-16-9-12/h6-7,12,16H,3-5,8-9H2,1-2H3. The van der Waals surface area contributed by atoms with Crippen molar-refractivity contribution in [3.63, 3.8) is 0 Å². The van der Waals surface area contributed by atoms with Gasteiger partial charge in [-0.25, -0.2) is 0 Å². The molecule has 0 amide bonds. The quantitative estimate of drug-likeness (QED) is 0.873. The van der Waals surface area contributed by atoms with Crippen molar-refractivity contribution < 1.29 is 0 Å². The second-order valence-electron chi connectivity index (χ2n) is 4.97. The SMILES string of the molecule is Cc1cc(C)c(Br)c(CC2CCCNC2)c1. The van der Waals surface area contributed by atoms with Crippen molar-refractivity contribution >= 4 is 15.9 Å². The van der Waals surface area contributed by atoms with Crippen LogP contribution in [0.25, 0.3) is 0 Å². The second kappa shape index (κ2) is 5.33. The highest BCUT2D eigenvalue weighted by Gasteiger charge is 2.15. The fraction of sp³-hybridized carbons (Fsp3) is 0.571. The van der Waals surface area contributed by atoms with E-state index in [2.05, 4.69) is 47.2 Å². The molecule has 0 spiro atoms. The van der Waals surface area contributed by atoms with Crippen LogP contribution in [0.3, 0.4) is 0 Å². The Hall–Kier alpha value is -0.340. The molecule has 0 bridgehead atoms. The fourth-order valence-corrected chi connectivity index (χ4v) is 2.99. The topological polar surface area (TPSA) is 12.0 Å². The molecule has 1 unspecified atom stereocenters. The molecule has 1 N–H and O–H groups in total. The Balaban J connectivity index is 2.13. The van der Waals surface area contributed by atoms with Gasteiger partial charge in [-0.3, -0.25) is 0 Å². The van der Waals surface area contributed by atoms with Crippen molar-refractivity contribution in [2.75, 3.05) is 13.1 Å². The van der Waals surface area contributed by atoms with Crippen LogP contribution in [0.5, 0.6) is 0 Å². The molecule has 1 aromatic rings. The van der Waals surface area contributed by atoms with Gasteiger partial charge in [0.05, 0.1) is 0 Å². The van der Waals surface area contributed by atoms with Gasteiger partial charge in [-0.05, 0) is 63.2 Å². The van der Waals surface area contributed by atoms with Crippen LogP contribution in [0.2, 0.25) is 0 Å². The van der Waals surface area contributed by atoms with E-state index in [1.54, 1.807) is 0 Å². The monoisotopic (exact) mass is 281 g/mol. The van der Waals surface area contributed by atoms with Crippen LogP contribution in [0.15, 0.2) is 16.6 Å². The molecule has 2 heteroatoms. The lowest BCUT2D eigenvalue weighted by Crippen LogP contribution is -2.30. The molecule has 1 atom stereocenters. The van der Waals surface area contributed by atoms with Crippen LogP contribution in [0.4, 0.5) is 0 Å². The van der Waals surface area contributed by atoms with E-state index in [0.29, 0.717) is 0 Å². The number of rotatable bonds is 2. The van der Waals surface area contributed by atoms with Gasteiger partial charge in [0.25, 0.3) is 0 Å². The molecule has 1 fully saturated rings. The Morgan fingerprint density at radius 1 is 1.38 bits per heavy atom.